The van der Waals surface area contributed by atoms with Gasteiger partial charge in [-0.2, -0.15) is 0 Å². The Morgan fingerprint density at radius 1 is 0.625 bits per heavy atom. The van der Waals surface area contributed by atoms with Crippen molar-refractivity contribution < 1.29 is 4.57 Å². The summed E-state index contributed by atoms with van der Waals surface area (Å²) in [6.45, 7) is 2.26. The summed E-state index contributed by atoms with van der Waals surface area (Å²) in [6.07, 6.45) is 2.11. The fourth-order valence-electron chi connectivity index (χ4n) is 4.87. The topological polar surface area (TPSA) is 3.88 Å². The SMILES string of the molecule is Cc1c(-c2cccc[n+]2C)ccc2cccc([N+](C)(c3ccccc3)c3ccccc3)c12. The zero-order valence-electron chi connectivity index (χ0n) is 18.9. The predicted octanol–water partition coefficient (Wildman–Crippen LogP) is 7.24. The summed E-state index contributed by atoms with van der Waals surface area (Å²) in [6, 6.07) is 39.2. The lowest BCUT2D eigenvalue weighted by molar-refractivity contribution is -0.660. The Hall–Kier alpha value is -3.75. The lowest BCUT2D eigenvalue weighted by atomic mass is 9.94. The van der Waals surface area contributed by atoms with Crippen LogP contribution in [0.15, 0.2) is 115 Å². The fourth-order valence-corrected chi connectivity index (χ4v) is 4.87. The first kappa shape index (κ1) is 20.2. The molecule has 0 spiro atoms. The fraction of sp³-hybridized carbons (Fsp3) is 0.100. The van der Waals surface area contributed by atoms with Gasteiger partial charge in [0.05, 0.1) is 7.05 Å². The van der Waals surface area contributed by atoms with Gasteiger partial charge >= 0.3 is 0 Å². The van der Waals surface area contributed by atoms with Crippen LogP contribution in [0.4, 0.5) is 17.1 Å². The van der Waals surface area contributed by atoms with Gasteiger partial charge in [0.15, 0.2) is 11.9 Å². The van der Waals surface area contributed by atoms with Crippen molar-refractivity contribution >= 4 is 27.8 Å². The van der Waals surface area contributed by atoms with Gasteiger partial charge in [-0.1, -0.05) is 54.6 Å². The molecule has 1 heterocycles. The second-order valence-electron chi connectivity index (χ2n) is 8.49. The van der Waals surface area contributed by atoms with E-state index in [2.05, 4.69) is 141 Å². The van der Waals surface area contributed by atoms with Crippen LogP contribution in [0, 0.1) is 6.92 Å². The summed E-state index contributed by atoms with van der Waals surface area (Å²) in [4.78, 5) is 0. The van der Waals surface area contributed by atoms with E-state index in [4.69, 9.17) is 0 Å². The van der Waals surface area contributed by atoms with E-state index in [0.717, 1.165) is 0 Å². The molecule has 0 saturated heterocycles. The van der Waals surface area contributed by atoms with Crippen LogP contribution in [-0.4, -0.2) is 7.05 Å². The van der Waals surface area contributed by atoms with Gasteiger partial charge in [0.25, 0.3) is 0 Å². The van der Waals surface area contributed by atoms with Gasteiger partial charge in [-0.15, -0.1) is 0 Å². The van der Waals surface area contributed by atoms with Crippen molar-refractivity contribution in [1.82, 2.24) is 4.48 Å². The molecule has 0 radical (unpaired) electrons. The minimum Gasteiger partial charge on any atom is -0.229 e. The van der Waals surface area contributed by atoms with E-state index < -0.39 is 0 Å². The summed E-state index contributed by atoms with van der Waals surface area (Å²) in [5.74, 6) is 0. The van der Waals surface area contributed by atoms with Gasteiger partial charge in [0, 0.05) is 29.1 Å². The molecule has 0 bridgehead atoms. The zero-order valence-corrected chi connectivity index (χ0v) is 18.9. The molecule has 2 heteroatoms. The monoisotopic (exact) mass is 416 g/mol. The van der Waals surface area contributed by atoms with Gasteiger partial charge in [-0.05, 0) is 54.3 Å². The third kappa shape index (κ3) is 3.21. The summed E-state index contributed by atoms with van der Waals surface area (Å²) in [5.41, 5.74) is 7.53. The van der Waals surface area contributed by atoms with Crippen LogP contribution >= 0.6 is 0 Å². The Morgan fingerprint density at radius 3 is 1.88 bits per heavy atom. The maximum absolute atomic E-state index is 2.30. The quantitative estimate of drug-likeness (QED) is 0.215. The van der Waals surface area contributed by atoms with E-state index in [-0.39, 0.29) is 0 Å². The maximum atomic E-state index is 2.30. The largest absolute Gasteiger partial charge is 0.229 e. The minimum absolute atomic E-state index is 0.601. The maximum Gasteiger partial charge on any atom is 0.212 e. The lowest BCUT2D eigenvalue weighted by Crippen LogP contribution is -2.34. The summed E-state index contributed by atoms with van der Waals surface area (Å²) in [5, 5.41) is 2.57. The Morgan fingerprint density at radius 2 is 1.25 bits per heavy atom. The Bertz CT molecular complexity index is 1350. The summed E-state index contributed by atoms with van der Waals surface area (Å²) in [7, 11) is 4.41. The number of hydrogen-bond donors (Lipinski definition) is 0. The van der Waals surface area contributed by atoms with E-state index in [9.17, 15) is 0 Å². The number of rotatable bonds is 4. The summed E-state index contributed by atoms with van der Waals surface area (Å²) >= 11 is 0. The molecule has 0 amide bonds. The third-order valence-electron chi connectivity index (χ3n) is 6.64. The molecule has 4 aromatic carbocycles. The molecule has 0 aliphatic carbocycles. The first-order valence-electron chi connectivity index (χ1n) is 11.1. The smallest absolute Gasteiger partial charge is 0.212 e. The molecule has 0 aliphatic rings. The van der Waals surface area contributed by atoms with E-state index in [0.29, 0.717) is 4.48 Å². The molecule has 156 valence electrons. The number of pyridine rings is 1. The molecule has 5 rings (SSSR count). The van der Waals surface area contributed by atoms with Crippen molar-refractivity contribution in [2.45, 2.75) is 6.92 Å². The van der Waals surface area contributed by atoms with Gasteiger partial charge in [-0.3, -0.25) is 0 Å². The number of nitrogens with zero attached hydrogens (tertiary/aromatic N) is 2. The number of quaternary nitrogens is 1. The first-order valence-corrected chi connectivity index (χ1v) is 11.1. The van der Waals surface area contributed by atoms with Crippen molar-refractivity contribution in [3.63, 3.8) is 0 Å². The molecule has 2 nitrogen and oxygen atoms in total. The molecule has 0 fully saturated rings. The average molecular weight is 417 g/mol. The second kappa shape index (κ2) is 8.07. The highest BCUT2D eigenvalue weighted by Crippen LogP contribution is 2.46. The van der Waals surface area contributed by atoms with Gasteiger partial charge < -0.3 is 0 Å². The Kier molecular flexibility index (Phi) is 5.08. The van der Waals surface area contributed by atoms with Crippen LogP contribution in [0.25, 0.3) is 22.0 Å². The minimum atomic E-state index is 0.601. The van der Waals surface area contributed by atoms with Gasteiger partial charge in [0.1, 0.15) is 18.4 Å². The van der Waals surface area contributed by atoms with Crippen LogP contribution < -0.4 is 9.05 Å². The van der Waals surface area contributed by atoms with Crippen LogP contribution in [-0.2, 0) is 7.05 Å². The third-order valence-corrected chi connectivity index (χ3v) is 6.64. The molecule has 32 heavy (non-hydrogen) atoms. The highest BCUT2D eigenvalue weighted by Gasteiger charge is 2.33. The summed E-state index contributed by atoms with van der Waals surface area (Å²) < 4.78 is 2.80. The normalized spacial score (nSPS) is 11.6. The standard InChI is InChI=1S/C30H28N2/c1-23-27(28-18-10-11-22-31(28)2)21-20-24-13-12-19-29(30(23)24)32(3,25-14-6-4-7-15-25)26-16-8-5-9-17-26/h4-22H,1-3H3/q+2. The number of benzene rings is 4. The molecule has 0 aliphatic heterocycles. The molecule has 0 saturated carbocycles. The van der Waals surface area contributed by atoms with Crippen molar-refractivity contribution in [3.05, 3.63) is 121 Å². The number of fused-ring (bicyclic) bond motifs is 1. The number of aryl methyl sites for hydroxylation is 2. The molecule has 5 aromatic rings. The predicted molar refractivity (Wildman–Crippen MR) is 135 cm³/mol. The molecule has 0 unspecified atom stereocenters. The van der Waals surface area contributed by atoms with Crippen LogP contribution in [0.3, 0.4) is 0 Å². The van der Waals surface area contributed by atoms with Crippen LogP contribution in [0.1, 0.15) is 5.56 Å². The van der Waals surface area contributed by atoms with Crippen molar-refractivity contribution in [3.8, 4) is 11.3 Å². The van der Waals surface area contributed by atoms with Gasteiger partial charge in [-0.25, -0.2) is 9.05 Å². The Labute approximate surface area is 190 Å². The van der Waals surface area contributed by atoms with E-state index in [1.54, 1.807) is 0 Å². The number of hydrogen-bond acceptors (Lipinski definition) is 0. The van der Waals surface area contributed by atoms with E-state index in [1.807, 2.05) is 0 Å². The first-order chi connectivity index (χ1) is 15.6. The highest BCUT2D eigenvalue weighted by atomic mass is 15.3. The van der Waals surface area contributed by atoms with E-state index in [1.165, 1.54) is 44.7 Å². The number of aromatic nitrogens is 1. The average Bonchev–Trinajstić information content (AvgIpc) is 2.85. The number of para-hydroxylation sites is 2. The zero-order chi connectivity index (χ0) is 22.1. The Balaban J connectivity index is 1.86. The second-order valence-corrected chi connectivity index (χ2v) is 8.49. The van der Waals surface area contributed by atoms with Gasteiger partial charge in [0.2, 0.25) is 5.69 Å². The van der Waals surface area contributed by atoms with Crippen LogP contribution in [0.2, 0.25) is 0 Å². The molecule has 0 atom stereocenters. The van der Waals surface area contributed by atoms with Crippen molar-refractivity contribution in [2.75, 3.05) is 7.05 Å². The van der Waals surface area contributed by atoms with Crippen molar-refractivity contribution in [1.29, 1.82) is 0 Å². The van der Waals surface area contributed by atoms with Crippen LogP contribution in [0.5, 0.6) is 0 Å². The van der Waals surface area contributed by atoms with Crippen molar-refractivity contribution in [2.24, 2.45) is 7.05 Å². The molecule has 1 aromatic heterocycles. The molecular weight excluding hydrogens is 388 g/mol. The highest BCUT2D eigenvalue weighted by molar-refractivity contribution is 6.01. The molecular formula is C30H28N2+2. The molecule has 0 N–H and O–H groups in total. The van der Waals surface area contributed by atoms with E-state index >= 15 is 0 Å². The lowest BCUT2D eigenvalue weighted by Gasteiger charge is -2.34.